The zero-order chi connectivity index (χ0) is 50.0. The number of allylic oxidation sites excluding steroid dienone is 2. The van der Waals surface area contributed by atoms with E-state index in [2.05, 4.69) is 31.3 Å². The lowest BCUT2D eigenvalue weighted by Crippen LogP contribution is -2.45. The van der Waals surface area contributed by atoms with Gasteiger partial charge in [0.1, 0.15) is 0 Å². The number of amides is 1. The molecule has 69 heavy (non-hydrogen) atoms. The minimum Gasteiger partial charge on any atom is -0.466 e. The van der Waals surface area contributed by atoms with Gasteiger partial charge in [-0.3, -0.25) is 9.59 Å². The number of aliphatic hydroxyl groups excluding tert-OH is 2. The molecule has 3 N–H and O–H groups in total. The van der Waals surface area contributed by atoms with Crippen molar-refractivity contribution in [3.8, 4) is 0 Å². The molecule has 0 saturated heterocycles. The summed E-state index contributed by atoms with van der Waals surface area (Å²) in [6, 6.07) is -0.544. The number of rotatable bonds is 59. The first-order valence-electron chi connectivity index (χ1n) is 31.4. The summed E-state index contributed by atoms with van der Waals surface area (Å²) in [7, 11) is 0. The molecule has 0 aliphatic heterocycles. The molecular formula is C63H123NO5. The first-order chi connectivity index (χ1) is 34.0. The van der Waals surface area contributed by atoms with Crippen molar-refractivity contribution in [1.29, 1.82) is 0 Å². The monoisotopic (exact) mass is 974 g/mol. The van der Waals surface area contributed by atoms with Gasteiger partial charge < -0.3 is 20.3 Å². The molecule has 0 saturated carbocycles. The highest BCUT2D eigenvalue weighted by molar-refractivity contribution is 5.76. The molecule has 410 valence electrons. The van der Waals surface area contributed by atoms with Gasteiger partial charge in [0.05, 0.1) is 25.4 Å². The Morgan fingerprint density at radius 3 is 1.03 bits per heavy atom. The molecule has 1 amide bonds. The van der Waals surface area contributed by atoms with Crippen LogP contribution in [0.4, 0.5) is 0 Å². The van der Waals surface area contributed by atoms with Crippen molar-refractivity contribution in [2.45, 2.75) is 366 Å². The minimum absolute atomic E-state index is 0.0165. The lowest BCUT2D eigenvalue weighted by Gasteiger charge is -2.22. The number of unbranched alkanes of at least 4 members (excludes halogenated alkanes) is 46. The molecule has 0 aliphatic rings. The average molecular weight is 975 g/mol. The number of nitrogens with one attached hydrogen (secondary N) is 1. The van der Waals surface area contributed by atoms with E-state index < -0.39 is 12.1 Å². The Morgan fingerprint density at radius 2 is 0.681 bits per heavy atom. The third kappa shape index (κ3) is 55.8. The summed E-state index contributed by atoms with van der Waals surface area (Å²) in [5.41, 5.74) is 0. The fraction of sp³-hybridized carbons (Fsp3) is 0.937. The van der Waals surface area contributed by atoms with Gasteiger partial charge in [0.25, 0.3) is 0 Å². The van der Waals surface area contributed by atoms with Crippen molar-refractivity contribution in [3.63, 3.8) is 0 Å². The quantitative estimate of drug-likeness (QED) is 0.0321. The molecule has 0 radical (unpaired) electrons. The second-order valence-corrected chi connectivity index (χ2v) is 21.7. The number of carbonyl (C=O) groups is 2. The van der Waals surface area contributed by atoms with Crippen LogP contribution in [0, 0.1) is 0 Å². The van der Waals surface area contributed by atoms with E-state index in [0.717, 1.165) is 38.5 Å². The number of hydrogen-bond acceptors (Lipinski definition) is 5. The summed E-state index contributed by atoms with van der Waals surface area (Å²) in [6.45, 7) is 4.97. The summed E-state index contributed by atoms with van der Waals surface area (Å²) in [5.74, 6) is -0.0243. The van der Waals surface area contributed by atoms with Crippen molar-refractivity contribution in [2.24, 2.45) is 0 Å². The Hall–Kier alpha value is -1.40. The number of hydrogen-bond donors (Lipinski definition) is 3. The van der Waals surface area contributed by atoms with E-state index in [0.29, 0.717) is 25.9 Å². The van der Waals surface area contributed by atoms with Crippen molar-refractivity contribution < 1.29 is 24.5 Å². The lowest BCUT2D eigenvalue weighted by molar-refractivity contribution is -0.143. The van der Waals surface area contributed by atoms with Crippen LogP contribution in [0.15, 0.2) is 12.2 Å². The highest BCUT2D eigenvalue weighted by Gasteiger charge is 2.20. The van der Waals surface area contributed by atoms with Crippen LogP contribution >= 0.6 is 0 Å². The molecule has 0 rings (SSSR count). The number of aliphatic hydroxyl groups is 2. The Bertz CT molecular complexity index is 1030. The van der Waals surface area contributed by atoms with E-state index in [4.69, 9.17) is 4.74 Å². The van der Waals surface area contributed by atoms with Crippen LogP contribution in [-0.4, -0.2) is 47.4 Å². The van der Waals surface area contributed by atoms with Gasteiger partial charge in [-0.25, -0.2) is 0 Å². The Labute approximate surface area is 431 Å². The number of ether oxygens (including phenoxy) is 1. The molecule has 6 heteroatoms. The summed E-state index contributed by atoms with van der Waals surface area (Å²) in [6.07, 6.45) is 70.9. The summed E-state index contributed by atoms with van der Waals surface area (Å²) >= 11 is 0. The maximum atomic E-state index is 12.4. The van der Waals surface area contributed by atoms with Crippen LogP contribution in [0.5, 0.6) is 0 Å². The smallest absolute Gasteiger partial charge is 0.305 e. The van der Waals surface area contributed by atoms with Gasteiger partial charge in [0.15, 0.2) is 0 Å². The molecule has 0 aromatic carbocycles. The maximum absolute atomic E-state index is 12.4. The second kappa shape index (κ2) is 59.2. The van der Waals surface area contributed by atoms with E-state index in [-0.39, 0.29) is 18.5 Å². The molecule has 0 fully saturated rings. The predicted molar refractivity (Wildman–Crippen MR) is 301 cm³/mol. The van der Waals surface area contributed by atoms with E-state index in [1.54, 1.807) is 0 Å². The first-order valence-corrected chi connectivity index (χ1v) is 31.4. The molecule has 0 spiro atoms. The molecule has 0 aromatic heterocycles. The van der Waals surface area contributed by atoms with Gasteiger partial charge in [-0.05, 0) is 51.4 Å². The summed E-state index contributed by atoms with van der Waals surface area (Å²) in [4.78, 5) is 24.5. The standard InChI is InChI=1S/C63H123NO5/c1-3-5-7-9-11-13-15-16-17-18-27-30-33-37-41-45-49-53-57-63(68)69-58-54-50-46-42-38-34-31-28-25-23-21-19-20-22-24-26-29-32-36-40-44-48-52-56-62(67)64-60(59-65)61(66)55-51-47-43-39-35-14-12-10-8-6-4-2/h22,24,60-61,65-66H,3-21,23,25-59H2,1-2H3,(H,64,67)/b24-22-. The molecule has 2 atom stereocenters. The minimum atomic E-state index is -0.666. The van der Waals surface area contributed by atoms with Crippen molar-refractivity contribution in [3.05, 3.63) is 12.2 Å². The van der Waals surface area contributed by atoms with Crippen molar-refractivity contribution >= 4 is 11.9 Å². The van der Waals surface area contributed by atoms with Gasteiger partial charge in [0, 0.05) is 12.8 Å². The summed E-state index contributed by atoms with van der Waals surface area (Å²) < 4.78 is 5.50. The fourth-order valence-corrected chi connectivity index (χ4v) is 9.99. The maximum Gasteiger partial charge on any atom is 0.305 e. The van der Waals surface area contributed by atoms with Crippen LogP contribution in [-0.2, 0) is 14.3 Å². The Balaban J connectivity index is 3.36. The third-order valence-corrected chi connectivity index (χ3v) is 14.8. The van der Waals surface area contributed by atoms with Gasteiger partial charge in [-0.1, -0.05) is 302 Å². The molecular weight excluding hydrogens is 851 g/mol. The van der Waals surface area contributed by atoms with Crippen molar-refractivity contribution in [2.75, 3.05) is 13.2 Å². The molecule has 6 nitrogen and oxygen atoms in total. The zero-order valence-corrected chi connectivity index (χ0v) is 46.8. The van der Waals surface area contributed by atoms with E-state index >= 15 is 0 Å². The topological polar surface area (TPSA) is 95.9 Å². The van der Waals surface area contributed by atoms with Gasteiger partial charge >= 0.3 is 5.97 Å². The summed E-state index contributed by atoms with van der Waals surface area (Å²) in [5, 5.41) is 23.2. The molecule has 0 bridgehead atoms. The predicted octanol–water partition coefficient (Wildman–Crippen LogP) is 19.6. The number of carbonyl (C=O) groups excluding carboxylic acids is 2. The van der Waals surface area contributed by atoms with Gasteiger partial charge in [0.2, 0.25) is 5.91 Å². The highest BCUT2D eigenvalue weighted by Crippen LogP contribution is 2.18. The Morgan fingerprint density at radius 1 is 0.391 bits per heavy atom. The number of esters is 1. The molecule has 0 aliphatic carbocycles. The van der Waals surface area contributed by atoms with E-state index in [1.165, 1.54) is 283 Å². The van der Waals surface area contributed by atoms with Crippen LogP contribution in [0.25, 0.3) is 0 Å². The van der Waals surface area contributed by atoms with Crippen LogP contribution < -0.4 is 5.32 Å². The SMILES string of the molecule is CCCCCCCCCCCCCCCCCCCCC(=O)OCCCCCCCCCCCCCC/C=C\CCCCCCCCCC(=O)NC(CO)C(O)CCCCCCCCCCCCC. The van der Waals surface area contributed by atoms with Crippen molar-refractivity contribution in [1.82, 2.24) is 5.32 Å². The van der Waals surface area contributed by atoms with Gasteiger partial charge in [-0.2, -0.15) is 0 Å². The fourth-order valence-electron chi connectivity index (χ4n) is 9.99. The van der Waals surface area contributed by atoms with Crippen LogP contribution in [0.2, 0.25) is 0 Å². The molecule has 2 unspecified atom stereocenters. The van der Waals surface area contributed by atoms with E-state index in [1.807, 2.05) is 0 Å². The average Bonchev–Trinajstić information content (AvgIpc) is 3.35. The van der Waals surface area contributed by atoms with E-state index in [9.17, 15) is 19.8 Å². The zero-order valence-electron chi connectivity index (χ0n) is 46.8. The van der Waals surface area contributed by atoms with Gasteiger partial charge in [-0.15, -0.1) is 0 Å². The normalized spacial score (nSPS) is 12.6. The molecule has 0 aromatic rings. The molecule has 0 heterocycles. The second-order valence-electron chi connectivity index (χ2n) is 21.7. The highest BCUT2D eigenvalue weighted by atomic mass is 16.5. The third-order valence-electron chi connectivity index (χ3n) is 14.8. The Kier molecular flexibility index (Phi) is 58.0. The largest absolute Gasteiger partial charge is 0.466 e. The van der Waals surface area contributed by atoms with Crippen LogP contribution in [0.1, 0.15) is 354 Å². The van der Waals surface area contributed by atoms with Crippen LogP contribution in [0.3, 0.4) is 0 Å². The first kappa shape index (κ1) is 67.6. The lowest BCUT2D eigenvalue weighted by atomic mass is 10.0.